The minimum atomic E-state index is -1.22. The number of halogens is 3. The molecular formula is C12H11F3N2. The summed E-state index contributed by atoms with van der Waals surface area (Å²) in [6.07, 6.45) is 2.29. The van der Waals surface area contributed by atoms with Gasteiger partial charge in [0.15, 0.2) is 11.6 Å². The molecule has 1 aliphatic rings. The summed E-state index contributed by atoms with van der Waals surface area (Å²) in [7, 11) is 0. The highest BCUT2D eigenvalue weighted by atomic mass is 19.2. The molecular weight excluding hydrogens is 229 g/mol. The maximum Gasteiger partial charge on any atom is 0.182 e. The third-order valence-electron chi connectivity index (χ3n) is 3.02. The Morgan fingerprint density at radius 2 is 2.00 bits per heavy atom. The molecule has 2 atom stereocenters. The van der Waals surface area contributed by atoms with Gasteiger partial charge in [-0.05, 0) is 19.3 Å². The Balaban J connectivity index is 2.22. The topological polar surface area (TPSA) is 35.8 Å². The Hall–Kier alpha value is -1.70. The molecule has 1 aliphatic carbocycles. The minimum absolute atomic E-state index is 0.213. The summed E-state index contributed by atoms with van der Waals surface area (Å²) < 4.78 is 39.3. The van der Waals surface area contributed by atoms with E-state index < -0.39 is 17.5 Å². The molecule has 2 unspecified atom stereocenters. The van der Waals surface area contributed by atoms with Crippen molar-refractivity contribution in [2.45, 2.75) is 25.3 Å². The third-order valence-corrected chi connectivity index (χ3v) is 3.02. The Morgan fingerprint density at radius 3 is 2.71 bits per heavy atom. The predicted molar refractivity (Wildman–Crippen MR) is 56.7 cm³/mol. The molecule has 0 heterocycles. The van der Waals surface area contributed by atoms with E-state index in [2.05, 4.69) is 11.4 Å². The van der Waals surface area contributed by atoms with Crippen LogP contribution in [0.5, 0.6) is 0 Å². The lowest BCUT2D eigenvalue weighted by molar-refractivity contribution is 0.494. The molecule has 0 spiro atoms. The first-order valence-corrected chi connectivity index (χ1v) is 5.42. The van der Waals surface area contributed by atoms with E-state index in [0.717, 1.165) is 18.9 Å². The van der Waals surface area contributed by atoms with Crippen molar-refractivity contribution >= 4 is 5.69 Å². The van der Waals surface area contributed by atoms with Gasteiger partial charge in [-0.15, -0.1) is 0 Å². The highest BCUT2D eigenvalue weighted by molar-refractivity contribution is 5.47. The quantitative estimate of drug-likeness (QED) is 0.806. The van der Waals surface area contributed by atoms with Crippen LogP contribution < -0.4 is 5.32 Å². The van der Waals surface area contributed by atoms with E-state index in [0.29, 0.717) is 12.5 Å². The summed E-state index contributed by atoms with van der Waals surface area (Å²) in [6, 6.07) is 3.28. The van der Waals surface area contributed by atoms with Crippen LogP contribution >= 0.6 is 0 Å². The average molecular weight is 240 g/mol. The summed E-state index contributed by atoms with van der Waals surface area (Å²) in [5.74, 6) is -3.40. The first-order chi connectivity index (χ1) is 8.11. The molecule has 0 aliphatic heterocycles. The van der Waals surface area contributed by atoms with Crippen LogP contribution in [0.3, 0.4) is 0 Å². The zero-order valence-electron chi connectivity index (χ0n) is 9.01. The number of anilines is 1. The van der Waals surface area contributed by atoms with Crippen LogP contribution in [-0.2, 0) is 0 Å². The van der Waals surface area contributed by atoms with Crippen molar-refractivity contribution in [3.8, 4) is 6.07 Å². The number of nitriles is 1. The summed E-state index contributed by atoms with van der Waals surface area (Å²) in [4.78, 5) is 0. The largest absolute Gasteiger partial charge is 0.378 e. The van der Waals surface area contributed by atoms with E-state index in [9.17, 15) is 13.2 Å². The van der Waals surface area contributed by atoms with Crippen molar-refractivity contribution < 1.29 is 13.2 Å². The second-order valence-corrected chi connectivity index (χ2v) is 4.17. The molecule has 1 N–H and O–H groups in total. The molecule has 1 saturated carbocycles. The van der Waals surface area contributed by atoms with Gasteiger partial charge in [-0.1, -0.05) is 0 Å². The third kappa shape index (κ3) is 2.36. The molecule has 0 amide bonds. The molecule has 1 aromatic rings. The van der Waals surface area contributed by atoms with E-state index >= 15 is 0 Å². The fourth-order valence-electron chi connectivity index (χ4n) is 2.15. The number of hydrogen-bond donors (Lipinski definition) is 1. The molecule has 1 aromatic carbocycles. The van der Waals surface area contributed by atoms with E-state index in [1.54, 1.807) is 0 Å². The van der Waals surface area contributed by atoms with Gasteiger partial charge in [0, 0.05) is 18.2 Å². The Bertz CT molecular complexity index is 468. The van der Waals surface area contributed by atoms with Gasteiger partial charge in [0.2, 0.25) is 0 Å². The van der Waals surface area contributed by atoms with Crippen molar-refractivity contribution in [2.75, 3.05) is 5.32 Å². The SMILES string of the molecule is N#CC1CCCC1Nc1cc(F)cc(F)c1F. The van der Waals surface area contributed by atoms with Gasteiger partial charge in [-0.2, -0.15) is 5.26 Å². The van der Waals surface area contributed by atoms with Crippen molar-refractivity contribution in [3.05, 3.63) is 29.6 Å². The fourth-order valence-corrected chi connectivity index (χ4v) is 2.15. The highest BCUT2D eigenvalue weighted by Gasteiger charge is 2.28. The monoisotopic (exact) mass is 240 g/mol. The maximum atomic E-state index is 13.4. The molecule has 2 nitrogen and oxygen atoms in total. The fraction of sp³-hybridized carbons (Fsp3) is 0.417. The molecule has 2 rings (SSSR count). The number of nitrogens with one attached hydrogen (secondary N) is 1. The second kappa shape index (κ2) is 4.66. The lowest BCUT2D eigenvalue weighted by Crippen LogP contribution is -2.23. The van der Waals surface area contributed by atoms with Gasteiger partial charge < -0.3 is 5.32 Å². The number of benzene rings is 1. The van der Waals surface area contributed by atoms with Crippen molar-refractivity contribution in [1.29, 1.82) is 5.26 Å². The predicted octanol–water partition coefficient (Wildman–Crippen LogP) is 3.21. The van der Waals surface area contributed by atoms with Crippen molar-refractivity contribution in [1.82, 2.24) is 0 Å². The van der Waals surface area contributed by atoms with E-state index in [1.807, 2.05) is 0 Å². The van der Waals surface area contributed by atoms with Crippen LogP contribution in [0.4, 0.5) is 18.9 Å². The van der Waals surface area contributed by atoms with Crippen LogP contribution in [0.25, 0.3) is 0 Å². The number of hydrogen-bond acceptors (Lipinski definition) is 2. The Labute approximate surface area is 97.1 Å². The summed E-state index contributed by atoms with van der Waals surface area (Å²) in [6.45, 7) is 0. The van der Waals surface area contributed by atoms with Gasteiger partial charge in [-0.25, -0.2) is 13.2 Å². The molecule has 0 saturated heterocycles. The van der Waals surface area contributed by atoms with Gasteiger partial charge in [0.1, 0.15) is 5.82 Å². The first kappa shape index (κ1) is 11.8. The smallest absolute Gasteiger partial charge is 0.182 e. The van der Waals surface area contributed by atoms with Gasteiger partial charge >= 0.3 is 0 Å². The number of nitrogens with zero attached hydrogens (tertiary/aromatic N) is 1. The molecule has 0 radical (unpaired) electrons. The summed E-state index contributed by atoms with van der Waals surface area (Å²) in [5.41, 5.74) is -0.213. The molecule has 90 valence electrons. The summed E-state index contributed by atoms with van der Waals surface area (Å²) in [5, 5.41) is 11.6. The van der Waals surface area contributed by atoms with Crippen LogP contribution in [0.1, 0.15) is 19.3 Å². The standard InChI is InChI=1S/C12H11F3N2/c13-8-4-9(14)12(15)11(5-8)17-10-3-1-2-7(10)6-16/h4-5,7,10,17H,1-3H2. The number of rotatable bonds is 2. The first-order valence-electron chi connectivity index (χ1n) is 5.42. The van der Waals surface area contributed by atoms with Gasteiger partial charge in [0.05, 0.1) is 17.7 Å². The molecule has 0 bridgehead atoms. The minimum Gasteiger partial charge on any atom is -0.378 e. The average Bonchev–Trinajstić information content (AvgIpc) is 2.72. The zero-order chi connectivity index (χ0) is 12.4. The summed E-state index contributed by atoms with van der Waals surface area (Å²) >= 11 is 0. The van der Waals surface area contributed by atoms with Crippen LogP contribution in [0.2, 0.25) is 0 Å². The van der Waals surface area contributed by atoms with Gasteiger partial charge in [-0.3, -0.25) is 0 Å². The van der Waals surface area contributed by atoms with Gasteiger partial charge in [0.25, 0.3) is 0 Å². The lowest BCUT2D eigenvalue weighted by atomic mass is 10.1. The Morgan fingerprint density at radius 1 is 1.24 bits per heavy atom. The van der Waals surface area contributed by atoms with E-state index in [4.69, 9.17) is 5.26 Å². The van der Waals surface area contributed by atoms with Crippen LogP contribution in [0.15, 0.2) is 12.1 Å². The Kier molecular flexibility index (Phi) is 3.23. The molecule has 1 fully saturated rings. The zero-order valence-corrected chi connectivity index (χ0v) is 9.01. The van der Waals surface area contributed by atoms with Crippen molar-refractivity contribution in [2.24, 2.45) is 5.92 Å². The van der Waals surface area contributed by atoms with Crippen molar-refractivity contribution in [3.63, 3.8) is 0 Å². The lowest BCUT2D eigenvalue weighted by Gasteiger charge is -2.17. The van der Waals surface area contributed by atoms with Crippen LogP contribution in [-0.4, -0.2) is 6.04 Å². The molecule has 17 heavy (non-hydrogen) atoms. The normalized spacial score (nSPS) is 23.4. The second-order valence-electron chi connectivity index (χ2n) is 4.17. The van der Waals surface area contributed by atoms with E-state index in [1.165, 1.54) is 0 Å². The molecule has 0 aromatic heterocycles. The van der Waals surface area contributed by atoms with E-state index in [-0.39, 0.29) is 17.6 Å². The highest BCUT2D eigenvalue weighted by Crippen LogP contribution is 2.29. The maximum absolute atomic E-state index is 13.4. The molecule has 5 heteroatoms. The van der Waals surface area contributed by atoms with Crippen LogP contribution in [0, 0.1) is 34.7 Å².